The van der Waals surface area contributed by atoms with E-state index in [0.717, 1.165) is 57.8 Å². The van der Waals surface area contributed by atoms with Gasteiger partial charge < -0.3 is 33.2 Å². The SMILES string of the molecule is COCO[C@H]1C[C@@]2(C)[C@@H]3C[C@H](OC(C)=O)[C@H]4C(C)(C)[C@@H](C(=O)OC)CC[C@@]45C[C@@]35CC[C@]2(C)[C@H]1[C@@]1(C)CC[C@@H](C(C)(C)OCOC)O1. The van der Waals surface area contributed by atoms with E-state index in [-0.39, 0.29) is 88.7 Å². The summed E-state index contributed by atoms with van der Waals surface area (Å²) in [4.78, 5) is 25.8. The van der Waals surface area contributed by atoms with Crippen LogP contribution in [0.5, 0.6) is 0 Å². The van der Waals surface area contributed by atoms with Crippen molar-refractivity contribution in [3.63, 3.8) is 0 Å². The lowest BCUT2D eigenvalue weighted by Gasteiger charge is -2.64. The first-order valence-corrected chi connectivity index (χ1v) is 18.1. The van der Waals surface area contributed by atoms with Gasteiger partial charge in [0.15, 0.2) is 0 Å². The minimum absolute atomic E-state index is 0.0297. The normalized spacial score (nSPS) is 48.1. The van der Waals surface area contributed by atoms with E-state index < -0.39 is 11.2 Å². The van der Waals surface area contributed by atoms with Crippen molar-refractivity contribution in [2.45, 2.75) is 143 Å². The maximum absolute atomic E-state index is 13.1. The fraction of sp³-hybridized carbons (Fsp3) is 0.947. The van der Waals surface area contributed by atoms with Crippen LogP contribution < -0.4 is 0 Å². The maximum Gasteiger partial charge on any atom is 0.309 e. The number of rotatable bonds is 10. The topological polar surface area (TPSA) is 98.8 Å². The van der Waals surface area contributed by atoms with Crippen molar-refractivity contribution in [1.29, 1.82) is 0 Å². The summed E-state index contributed by atoms with van der Waals surface area (Å²) < 4.78 is 42.4. The minimum Gasteiger partial charge on any atom is -0.469 e. The van der Waals surface area contributed by atoms with Crippen molar-refractivity contribution >= 4 is 11.9 Å². The Morgan fingerprint density at radius 3 is 2.17 bits per heavy atom. The van der Waals surface area contributed by atoms with Gasteiger partial charge >= 0.3 is 11.9 Å². The lowest BCUT2D eigenvalue weighted by Crippen LogP contribution is -2.62. The van der Waals surface area contributed by atoms with E-state index in [4.69, 9.17) is 33.2 Å². The van der Waals surface area contributed by atoms with E-state index >= 15 is 0 Å². The first-order chi connectivity index (χ1) is 21.9. The molecule has 6 fully saturated rings. The zero-order valence-electron chi connectivity index (χ0n) is 31.0. The third-order valence-electron chi connectivity index (χ3n) is 15.5. The molecule has 0 bridgehead atoms. The highest BCUT2D eigenvalue weighted by molar-refractivity contribution is 5.74. The fourth-order valence-electron chi connectivity index (χ4n) is 13.6. The van der Waals surface area contributed by atoms with Crippen LogP contribution >= 0.6 is 0 Å². The van der Waals surface area contributed by atoms with Crippen LogP contribution in [-0.2, 0) is 42.7 Å². The van der Waals surface area contributed by atoms with Gasteiger partial charge in [-0.2, -0.15) is 0 Å². The van der Waals surface area contributed by atoms with Crippen LogP contribution in [0, 0.1) is 50.7 Å². The Bertz CT molecular complexity index is 1230. The molecule has 6 aliphatic rings. The van der Waals surface area contributed by atoms with Gasteiger partial charge in [-0.15, -0.1) is 0 Å². The maximum atomic E-state index is 13.1. The van der Waals surface area contributed by atoms with E-state index in [1.54, 1.807) is 14.2 Å². The van der Waals surface area contributed by atoms with E-state index in [2.05, 4.69) is 48.5 Å². The number of ether oxygens (including phenoxy) is 7. The van der Waals surface area contributed by atoms with Gasteiger partial charge in [-0.3, -0.25) is 9.59 Å². The summed E-state index contributed by atoms with van der Waals surface area (Å²) in [5.74, 6) is 0.0565. The smallest absolute Gasteiger partial charge is 0.309 e. The molecular formula is C38H62O9. The molecule has 5 aliphatic carbocycles. The van der Waals surface area contributed by atoms with Crippen molar-refractivity contribution in [3.8, 4) is 0 Å². The molecule has 2 spiro atoms. The first kappa shape index (κ1) is 35.6. The van der Waals surface area contributed by atoms with Gasteiger partial charge in [-0.1, -0.05) is 27.7 Å². The molecule has 0 radical (unpaired) electrons. The molecule has 1 heterocycles. The quantitative estimate of drug-likeness (QED) is 0.187. The highest BCUT2D eigenvalue weighted by atomic mass is 16.7. The fourth-order valence-corrected chi connectivity index (χ4v) is 13.6. The molecule has 0 aromatic carbocycles. The van der Waals surface area contributed by atoms with Gasteiger partial charge in [0, 0.05) is 33.0 Å². The van der Waals surface area contributed by atoms with Crippen LogP contribution in [0.1, 0.15) is 113 Å². The van der Waals surface area contributed by atoms with Crippen molar-refractivity contribution in [1.82, 2.24) is 0 Å². The lowest BCUT2D eigenvalue weighted by atomic mass is 9.40. The van der Waals surface area contributed by atoms with Crippen molar-refractivity contribution in [3.05, 3.63) is 0 Å². The van der Waals surface area contributed by atoms with Crippen LogP contribution in [0.15, 0.2) is 0 Å². The van der Waals surface area contributed by atoms with Gasteiger partial charge in [0.1, 0.15) is 19.7 Å². The van der Waals surface area contributed by atoms with E-state index in [1.807, 2.05) is 0 Å². The van der Waals surface area contributed by atoms with Gasteiger partial charge in [0.2, 0.25) is 0 Å². The second-order valence-electron chi connectivity index (χ2n) is 18.1. The molecule has 9 nitrogen and oxygen atoms in total. The van der Waals surface area contributed by atoms with Crippen molar-refractivity contribution in [2.24, 2.45) is 50.7 Å². The highest BCUT2D eigenvalue weighted by Crippen LogP contribution is 2.89. The zero-order chi connectivity index (χ0) is 34.4. The Labute approximate surface area is 282 Å². The summed E-state index contributed by atoms with van der Waals surface area (Å²) in [6.45, 7) is 18.0. The van der Waals surface area contributed by atoms with Crippen LogP contribution in [0.2, 0.25) is 0 Å². The molecule has 0 unspecified atom stereocenters. The number of methoxy groups -OCH3 is 3. The Kier molecular flexibility index (Phi) is 8.81. The summed E-state index contributed by atoms with van der Waals surface area (Å²) in [5.41, 5.74) is -1.16. The molecule has 0 aromatic heterocycles. The highest BCUT2D eigenvalue weighted by Gasteiger charge is 2.85. The second-order valence-corrected chi connectivity index (χ2v) is 18.1. The van der Waals surface area contributed by atoms with Crippen molar-refractivity contribution in [2.75, 3.05) is 34.9 Å². The number of esters is 2. The minimum atomic E-state index is -0.484. The average molecular weight is 663 g/mol. The van der Waals surface area contributed by atoms with Gasteiger partial charge in [-0.05, 0) is 112 Å². The largest absolute Gasteiger partial charge is 0.469 e. The predicted molar refractivity (Wildman–Crippen MR) is 175 cm³/mol. The van der Waals surface area contributed by atoms with Crippen molar-refractivity contribution < 1.29 is 42.7 Å². The molecule has 0 aromatic rings. The van der Waals surface area contributed by atoms with Crippen LogP contribution in [-0.4, -0.2) is 76.4 Å². The summed E-state index contributed by atoms with van der Waals surface area (Å²) in [6.07, 6.45) is 8.43. The standard InChI is InChI=1S/C38H62O9/c1-23(39)46-25-18-27-35(7)19-26(44-21-41-9)30(36(8)14-13-28(47-36)33(4,5)45-22-42-10)34(35,6)16-17-37(27)20-38(37)15-12-24(31(40)43-11)32(2,3)29(25)38/h24-30H,12-22H2,1-11H3/t24-,25+,26+,27+,28+,29+,30+,34-,35+,36-,37+,38-/m1/s1. The van der Waals surface area contributed by atoms with Gasteiger partial charge in [-0.25, -0.2) is 0 Å². The molecule has 5 saturated carbocycles. The Hall–Kier alpha value is -1.26. The second kappa shape index (κ2) is 11.6. The van der Waals surface area contributed by atoms with Gasteiger partial charge in [0.05, 0.1) is 36.4 Å². The summed E-state index contributed by atoms with van der Waals surface area (Å²) in [7, 11) is 4.84. The zero-order valence-corrected chi connectivity index (χ0v) is 31.0. The third-order valence-corrected chi connectivity index (χ3v) is 15.5. The molecule has 0 N–H and O–H groups in total. The Balaban J connectivity index is 1.38. The van der Waals surface area contributed by atoms with E-state index in [1.165, 1.54) is 14.0 Å². The number of hydrogen-bond acceptors (Lipinski definition) is 9. The summed E-state index contributed by atoms with van der Waals surface area (Å²) >= 11 is 0. The Morgan fingerprint density at radius 1 is 0.830 bits per heavy atom. The molecule has 47 heavy (non-hydrogen) atoms. The first-order valence-electron chi connectivity index (χ1n) is 18.1. The number of hydrogen-bond donors (Lipinski definition) is 0. The predicted octanol–water partition coefficient (Wildman–Crippen LogP) is 6.69. The molecule has 6 rings (SSSR count). The average Bonchev–Trinajstić information content (AvgIpc) is 3.33. The molecule has 12 atom stereocenters. The molecule has 268 valence electrons. The molecule has 1 aliphatic heterocycles. The molecule has 0 amide bonds. The lowest BCUT2D eigenvalue weighted by molar-refractivity contribution is -0.226. The molecule has 9 heteroatoms. The number of fused-ring (bicyclic) bond motifs is 2. The van der Waals surface area contributed by atoms with Gasteiger partial charge in [0.25, 0.3) is 0 Å². The van der Waals surface area contributed by atoms with Crippen LogP contribution in [0.3, 0.4) is 0 Å². The molecular weight excluding hydrogens is 600 g/mol. The summed E-state index contributed by atoms with van der Waals surface area (Å²) in [5, 5.41) is 0. The number of carbonyl (C=O) groups excluding carboxylic acids is 2. The van der Waals surface area contributed by atoms with E-state index in [9.17, 15) is 9.59 Å². The number of carbonyl (C=O) groups is 2. The summed E-state index contributed by atoms with van der Waals surface area (Å²) in [6, 6.07) is 0. The monoisotopic (exact) mass is 662 g/mol. The van der Waals surface area contributed by atoms with Crippen LogP contribution in [0.4, 0.5) is 0 Å². The van der Waals surface area contributed by atoms with Crippen LogP contribution in [0.25, 0.3) is 0 Å². The third kappa shape index (κ3) is 4.93. The Morgan fingerprint density at radius 2 is 1.53 bits per heavy atom. The molecule has 1 saturated heterocycles. The van der Waals surface area contributed by atoms with E-state index in [0.29, 0.717) is 5.92 Å².